The van der Waals surface area contributed by atoms with Crippen LogP contribution in [0.3, 0.4) is 0 Å². The number of hydrogen-bond acceptors (Lipinski definition) is 3. The molecule has 3 aromatic carbocycles. The van der Waals surface area contributed by atoms with Crippen LogP contribution in [0.4, 0.5) is 27.6 Å². The van der Waals surface area contributed by atoms with Gasteiger partial charge in [0.2, 0.25) is 0 Å². The molecule has 0 spiro atoms. The van der Waals surface area contributed by atoms with Gasteiger partial charge in [-0.15, -0.1) is 0 Å². The second-order valence-electron chi connectivity index (χ2n) is 9.45. The van der Waals surface area contributed by atoms with Crippen molar-refractivity contribution in [3.05, 3.63) is 93.7 Å². The fourth-order valence-corrected chi connectivity index (χ4v) is 5.45. The number of imidazole rings is 1. The monoisotopic (exact) mass is 531 g/mol. The number of para-hydroxylation sites is 2. The highest BCUT2D eigenvalue weighted by atomic mass is 19.4. The normalized spacial score (nSPS) is 18.2. The minimum Gasteiger partial charge on any atom is -0.494 e. The lowest BCUT2D eigenvalue weighted by atomic mass is 10.0. The molecule has 10 heteroatoms. The predicted molar refractivity (Wildman–Crippen MR) is 135 cm³/mol. The van der Waals surface area contributed by atoms with Crippen molar-refractivity contribution >= 4 is 16.7 Å². The van der Waals surface area contributed by atoms with Crippen LogP contribution in [0.15, 0.2) is 65.5 Å². The number of ether oxygens (including phenoxy) is 1. The van der Waals surface area contributed by atoms with E-state index in [4.69, 9.17) is 4.74 Å². The highest BCUT2D eigenvalue weighted by Crippen LogP contribution is 2.36. The van der Waals surface area contributed by atoms with E-state index in [1.807, 2.05) is 0 Å². The summed E-state index contributed by atoms with van der Waals surface area (Å²) in [5, 5.41) is 0. The van der Waals surface area contributed by atoms with Crippen molar-refractivity contribution in [2.45, 2.75) is 38.3 Å². The van der Waals surface area contributed by atoms with Crippen molar-refractivity contribution in [1.82, 2.24) is 9.13 Å². The molecule has 4 aromatic rings. The number of halogens is 5. The van der Waals surface area contributed by atoms with E-state index in [0.717, 1.165) is 6.07 Å². The van der Waals surface area contributed by atoms with Crippen LogP contribution in [-0.2, 0) is 12.7 Å². The van der Waals surface area contributed by atoms with E-state index < -0.39 is 35.5 Å². The molecule has 0 N–H and O–H groups in total. The Labute approximate surface area is 215 Å². The molecule has 5 rings (SSSR count). The maximum atomic E-state index is 15.8. The molecular formula is C28H26F5N3O2. The van der Waals surface area contributed by atoms with Gasteiger partial charge in [-0.05, 0) is 48.7 Å². The first-order valence-corrected chi connectivity index (χ1v) is 12.2. The van der Waals surface area contributed by atoms with Crippen LogP contribution in [0.5, 0.6) is 5.75 Å². The molecule has 0 saturated carbocycles. The zero-order chi connectivity index (χ0) is 27.2. The van der Waals surface area contributed by atoms with E-state index in [1.54, 1.807) is 42.2 Å². The summed E-state index contributed by atoms with van der Waals surface area (Å²) >= 11 is 0. The lowest BCUT2D eigenvalue weighted by molar-refractivity contribution is -0.138. The number of aryl methyl sites for hydroxylation is 1. The Kier molecular flexibility index (Phi) is 6.66. The van der Waals surface area contributed by atoms with Gasteiger partial charge in [-0.25, -0.2) is 13.6 Å². The Bertz CT molecular complexity index is 1520. The topological polar surface area (TPSA) is 39.4 Å². The number of alkyl halides is 4. The molecule has 38 heavy (non-hydrogen) atoms. The highest BCUT2D eigenvalue weighted by molar-refractivity contribution is 5.83. The first kappa shape index (κ1) is 25.8. The minimum atomic E-state index is -4.61. The average molecular weight is 532 g/mol. The van der Waals surface area contributed by atoms with Gasteiger partial charge in [0.15, 0.2) is 0 Å². The Morgan fingerprint density at radius 3 is 2.45 bits per heavy atom. The fraction of sp³-hybridized carbons (Fsp3) is 0.321. The summed E-state index contributed by atoms with van der Waals surface area (Å²) in [6, 6.07) is 13.7. The summed E-state index contributed by atoms with van der Waals surface area (Å²) < 4.78 is 79.4. The molecule has 0 bridgehead atoms. The molecule has 2 atom stereocenters. The van der Waals surface area contributed by atoms with Gasteiger partial charge >= 0.3 is 11.9 Å². The third kappa shape index (κ3) is 4.41. The molecule has 1 fully saturated rings. The number of rotatable bonds is 5. The second-order valence-corrected chi connectivity index (χ2v) is 9.45. The molecular weight excluding hydrogens is 505 g/mol. The molecule has 1 aliphatic heterocycles. The number of methoxy groups -OCH3 is 1. The smallest absolute Gasteiger partial charge is 0.416 e. The third-order valence-corrected chi connectivity index (χ3v) is 7.16. The Hall–Kier alpha value is -3.82. The zero-order valence-corrected chi connectivity index (χ0v) is 20.8. The molecule has 0 aliphatic carbocycles. The van der Waals surface area contributed by atoms with Gasteiger partial charge in [0.05, 0.1) is 43.0 Å². The lowest BCUT2D eigenvalue weighted by Gasteiger charge is -2.37. The predicted octanol–water partition coefficient (Wildman–Crippen LogP) is 6.12. The molecule has 1 aliphatic rings. The maximum absolute atomic E-state index is 15.8. The average Bonchev–Trinajstić information content (AvgIpc) is 3.15. The quantitative estimate of drug-likeness (QED) is 0.292. The summed E-state index contributed by atoms with van der Waals surface area (Å²) in [7, 11) is 1.40. The largest absolute Gasteiger partial charge is 0.494 e. The molecule has 1 saturated heterocycles. The summed E-state index contributed by atoms with van der Waals surface area (Å²) in [5.74, 6) is -0.157. The molecule has 0 amide bonds. The number of hydrogen-bond donors (Lipinski definition) is 0. The zero-order valence-electron chi connectivity index (χ0n) is 20.8. The third-order valence-electron chi connectivity index (χ3n) is 7.16. The van der Waals surface area contributed by atoms with Crippen LogP contribution in [0, 0.1) is 12.7 Å². The van der Waals surface area contributed by atoms with Gasteiger partial charge in [-0.2, -0.15) is 13.2 Å². The number of benzene rings is 3. The number of nitrogens with zero attached hydrogens (tertiary/aromatic N) is 3. The molecule has 0 radical (unpaired) electrons. The van der Waals surface area contributed by atoms with Crippen LogP contribution in [0.1, 0.15) is 29.2 Å². The van der Waals surface area contributed by atoms with Crippen molar-refractivity contribution < 1.29 is 26.7 Å². The van der Waals surface area contributed by atoms with E-state index in [1.165, 1.54) is 40.5 Å². The maximum Gasteiger partial charge on any atom is 0.416 e. The molecule has 1 aromatic heterocycles. The summed E-state index contributed by atoms with van der Waals surface area (Å²) in [6.07, 6.45) is -5.94. The van der Waals surface area contributed by atoms with Crippen molar-refractivity contribution in [3.63, 3.8) is 0 Å². The van der Waals surface area contributed by atoms with Crippen molar-refractivity contribution in [1.29, 1.82) is 0 Å². The first-order chi connectivity index (χ1) is 18.1. The van der Waals surface area contributed by atoms with Gasteiger partial charge in [-0.3, -0.25) is 9.13 Å². The first-order valence-electron chi connectivity index (χ1n) is 12.2. The van der Waals surface area contributed by atoms with E-state index in [9.17, 15) is 22.4 Å². The van der Waals surface area contributed by atoms with Crippen molar-refractivity contribution in [3.8, 4) is 5.75 Å². The van der Waals surface area contributed by atoms with Gasteiger partial charge < -0.3 is 9.64 Å². The Morgan fingerprint density at radius 1 is 1.03 bits per heavy atom. The molecule has 5 nitrogen and oxygen atoms in total. The number of aromatic nitrogens is 2. The summed E-state index contributed by atoms with van der Waals surface area (Å²) in [5.41, 5.74) is 0.0860. The number of piperidine rings is 1. The Balaban J connectivity index is 1.58. The second kappa shape index (κ2) is 9.81. The number of fused-ring (bicyclic) bond motifs is 1. The van der Waals surface area contributed by atoms with Crippen LogP contribution < -0.4 is 15.3 Å². The van der Waals surface area contributed by atoms with Crippen LogP contribution in [-0.4, -0.2) is 35.5 Å². The SMILES string of the molecule is COc1cccc2c1n(Cc1ccccc1C(F)(F)F)c(=O)n2C1CCN(c2c(C)cccc2F)CC1F. The van der Waals surface area contributed by atoms with Crippen LogP contribution in [0.2, 0.25) is 0 Å². The standard InChI is InChI=1S/C28H26F5N3O2/c1-17-7-5-10-20(29)25(17)34-14-13-22(21(30)16-34)36-23-11-6-12-24(38-2)26(23)35(27(36)37)15-18-8-3-4-9-19(18)28(31,32)33/h3-12,21-22H,13-16H2,1-2H3. The summed E-state index contributed by atoms with van der Waals surface area (Å²) in [4.78, 5) is 15.4. The van der Waals surface area contributed by atoms with Crippen LogP contribution in [0.25, 0.3) is 11.0 Å². The molecule has 2 heterocycles. The molecule has 2 unspecified atom stereocenters. The minimum absolute atomic E-state index is 0.0892. The molecule has 200 valence electrons. The van der Waals surface area contributed by atoms with E-state index >= 15 is 4.39 Å². The van der Waals surface area contributed by atoms with E-state index in [2.05, 4.69) is 0 Å². The van der Waals surface area contributed by atoms with E-state index in [0.29, 0.717) is 23.3 Å². The van der Waals surface area contributed by atoms with Gasteiger partial charge in [0, 0.05) is 6.54 Å². The summed E-state index contributed by atoms with van der Waals surface area (Å²) in [6.45, 7) is 1.54. The van der Waals surface area contributed by atoms with Crippen LogP contribution >= 0.6 is 0 Å². The van der Waals surface area contributed by atoms with Crippen molar-refractivity contribution in [2.24, 2.45) is 0 Å². The Morgan fingerprint density at radius 2 is 1.76 bits per heavy atom. The fourth-order valence-electron chi connectivity index (χ4n) is 5.45. The van der Waals surface area contributed by atoms with Gasteiger partial charge in [-0.1, -0.05) is 36.4 Å². The van der Waals surface area contributed by atoms with Gasteiger partial charge in [0.25, 0.3) is 0 Å². The van der Waals surface area contributed by atoms with Gasteiger partial charge in [0.1, 0.15) is 23.3 Å². The van der Waals surface area contributed by atoms with E-state index in [-0.39, 0.29) is 36.3 Å². The van der Waals surface area contributed by atoms with Crippen molar-refractivity contribution in [2.75, 3.05) is 25.1 Å². The number of anilines is 1. The highest BCUT2D eigenvalue weighted by Gasteiger charge is 2.36. The lowest BCUT2D eigenvalue weighted by Crippen LogP contribution is -2.45.